The van der Waals surface area contributed by atoms with Crippen LogP contribution in [0.25, 0.3) is 11.3 Å². The number of carbonyl (C=O) groups excluding carboxylic acids is 1. The quantitative estimate of drug-likeness (QED) is 0.675. The lowest BCUT2D eigenvalue weighted by molar-refractivity contribution is 0.0752. The summed E-state index contributed by atoms with van der Waals surface area (Å²) in [7, 11) is 0. The molecule has 0 spiro atoms. The molecule has 1 aromatic carbocycles. The molecular formula is C22H25N5O. The smallest absolute Gasteiger partial charge is 0.254 e. The summed E-state index contributed by atoms with van der Waals surface area (Å²) in [6.45, 7) is 7.31. The standard InChI is InChI=1S/C22H25N5O/c1-4-27(14-17-9-11-23-12-10-17)22(28)19-7-5-18(6-8-19)20-13-21(25-15-24-20)26-16(2)3/h5-13,15-16H,4,14H2,1-3H3,(H,24,25,26). The van der Waals surface area contributed by atoms with Gasteiger partial charge in [-0.3, -0.25) is 9.78 Å². The van der Waals surface area contributed by atoms with Gasteiger partial charge in [0.1, 0.15) is 12.1 Å². The molecule has 1 amide bonds. The average molecular weight is 375 g/mol. The highest BCUT2D eigenvalue weighted by molar-refractivity contribution is 5.94. The summed E-state index contributed by atoms with van der Waals surface area (Å²) in [6.07, 6.45) is 5.03. The number of aromatic nitrogens is 3. The Labute approximate surface area is 165 Å². The van der Waals surface area contributed by atoms with Crippen LogP contribution in [0.15, 0.2) is 61.2 Å². The van der Waals surface area contributed by atoms with Gasteiger partial charge < -0.3 is 10.2 Å². The minimum absolute atomic E-state index is 0.00992. The first kappa shape index (κ1) is 19.5. The molecule has 3 rings (SSSR count). The largest absolute Gasteiger partial charge is 0.368 e. The molecule has 0 unspecified atom stereocenters. The topological polar surface area (TPSA) is 71.0 Å². The molecule has 0 saturated heterocycles. The number of rotatable bonds is 7. The molecule has 0 saturated carbocycles. The zero-order valence-corrected chi connectivity index (χ0v) is 16.5. The molecule has 0 atom stereocenters. The first-order valence-electron chi connectivity index (χ1n) is 9.44. The van der Waals surface area contributed by atoms with E-state index in [1.54, 1.807) is 18.7 Å². The highest BCUT2D eigenvalue weighted by atomic mass is 16.2. The Balaban J connectivity index is 1.75. The molecule has 144 valence electrons. The lowest BCUT2D eigenvalue weighted by Gasteiger charge is -2.21. The maximum Gasteiger partial charge on any atom is 0.254 e. The molecular weight excluding hydrogens is 350 g/mol. The zero-order chi connectivity index (χ0) is 19.9. The average Bonchev–Trinajstić information content (AvgIpc) is 2.72. The van der Waals surface area contributed by atoms with Crippen molar-refractivity contribution in [2.45, 2.75) is 33.4 Å². The summed E-state index contributed by atoms with van der Waals surface area (Å²) in [4.78, 5) is 27.3. The first-order chi connectivity index (χ1) is 13.6. The van der Waals surface area contributed by atoms with Crippen molar-refractivity contribution in [3.63, 3.8) is 0 Å². The van der Waals surface area contributed by atoms with Gasteiger partial charge >= 0.3 is 0 Å². The van der Waals surface area contributed by atoms with Crippen LogP contribution in [0.3, 0.4) is 0 Å². The number of carbonyl (C=O) groups is 1. The van der Waals surface area contributed by atoms with Gasteiger partial charge in [-0.15, -0.1) is 0 Å². The van der Waals surface area contributed by atoms with Crippen molar-refractivity contribution in [1.29, 1.82) is 0 Å². The van der Waals surface area contributed by atoms with Crippen molar-refractivity contribution in [3.8, 4) is 11.3 Å². The van der Waals surface area contributed by atoms with Crippen molar-refractivity contribution >= 4 is 11.7 Å². The Kier molecular flexibility index (Phi) is 6.32. The molecule has 0 radical (unpaired) electrons. The Morgan fingerprint density at radius 2 is 1.79 bits per heavy atom. The maximum atomic E-state index is 12.9. The Bertz CT molecular complexity index is 910. The Morgan fingerprint density at radius 3 is 2.43 bits per heavy atom. The van der Waals surface area contributed by atoms with Crippen LogP contribution in [0, 0.1) is 0 Å². The Morgan fingerprint density at radius 1 is 1.07 bits per heavy atom. The third-order valence-corrected chi connectivity index (χ3v) is 4.32. The van der Waals surface area contributed by atoms with Crippen molar-refractivity contribution < 1.29 is 4.79 Å². The first-order valence-corrected chi connectivity index (χ1v) is 9.44. The van der Waals surface area contributed by atoms with Gasteiger partial charge in [-0.1, -0.05) is 12.1 Å². The number of nitrogens with one attached hydrogen (secondary N) is 1. The third-order valence-electron chi connectivity index (χ3n) is 4.32. The number of nitrogens with zero attached hydrogens (tertiary/aromatic N) is 4. The van der Waals surface area contributed by atoms with Gasteiger partial charge in [-0.05, 0) is 50.6 Å². The molecule has 0 bridgehead atoms. The molecule has 28 heavy (non-hydrogen) atoms. The van der Waals surface area contributed by atoms with Gasteiger partial charge in [-0.25, -0.2) is 9.97 Å². The number of anilines is 1. The highest BCUT2D eigenvalue weighted by Gasteiger charge is 2.15. The van der Waals surface area contributed by atoms with Crippen LogP contribution < -0.4 is 5.32 Å². The van der Waals surface area contributed by atoms with Crippen molar-refractivity contribution in [2.75, 3.05) is 11.9 Å². The van der Waals surface area contributed by atoms with Crippen molar-refractivity contribution in [2.24, 2.45) is 0 Å². The summed E-state index contributed by atoms with van der Waals surface area (Å²) in [5, 5.41) is 3.27. The number of pyridine rings is 1. The van der Waals surface area contributed by atoms with E-state index >= 15 is 0 Å². The lowest BCUT2D eigenvalue weighted by atomic mass is 10.1. The number of amides is 1. The van der Waals surface area contributed by atoms with Crippen LogP contribution in [0.2, 0.25) is 0 Å². The predicted octanol–water partition coefficient (Wildman–Crippen LogP) is 4.02. The van der Waals surface area contributed by atoms with Crippen LogP contribution in [-0.4, -0.2) is 38.3 Å². The Hall–Kier alpha value is -3.28. The van der Waals surface area contributed by atoms with Gasteiger partial charge in [0.05, 0.1) is 5.69 Å². The van der Waals surface area contributed by atoms with Crippen molar-refractivity contribution in [3.05, 3.63) is 72.3 Å². The predicted molar refractivity (Wildman–Crippen MR) is 111 cm³/mol. The summed E-state index contributed by atoms with van der Waals surface area (Å²) >= 11 is 0. The summed E-state index contributed by atoms with van der Waals surface area (Å²) in [5.74, 6) is 0.797. The summed E-state index contributed by atoms with van der Waals surface area (Å²) in [5.41, 5.74) is 3.49. The normalized spacial score (nSPS) is 10.7. The third kappa shape index (κ3) is 4.91. The summed E-state index contributed by atoms with van der Waals surface area (Å²) in [6, 6.07) is 13.6. The van der Waals surface area contributed by atoms with E-state index in [1.807, 2.05) is 54.3 Å². The fourth-order valence-corrected chi connectivity index (χ4v) is 2.89. The minimum atomic E-state index is 0.00992. The SMILES string of the molecule is CCN(Cc1ccncc1)C(=O)c1ccc(-c2cc(NC(C)C)ncn2)cc1. The van der Waals surface area contributed by atoms with Crippen molar-refractivity contribution in [1.82, 2.24) is 19.9 Å². The van der Waals surface area contributed by atoms with Crippen LogP contribution in [0.5, 0.6) is 0 Å². The van der Waals surface area contributed by atoms with E-state index in [0.717, 1.165) is 22.6 Å². The number of hydrogen-bond acceptors (Lipinski definition) is 5. The number of benzene rings is 1. The maximum absolute atomic E-state index is 12.9. The number of hydrogen-bond donors (Lipinski definition) is 1. The van der Waals surface area contributed by atoms with Gasteiger partial charge in [-0.2, -0.15) is 0 Å². The summed E-state index contributed by atoms with van der Waals surface area (Å²) < 4.78 is 0. The highest BCUT2D eigenvalue weighted by Crippen LogP contribution is 2.20. The van der Waals surface area contributed by atoms with Crippen LogP contribution in [-0.2, 0) is 6.54 Å². The fraction of sp³-hybridized carbons (Fsp3) is 0.273. The molecule has 0 fully saturated rings. The molecule has 0 aliphatic carbocycles. The monoisotopic (exact) mass is 375 g/mol. The molecule has 2 heterocycles. The van der Waals surface area contributed by atoms with Gasteiger partial charge in [0.25, 0.3) is 5.91 Å². The van der Waals surface area contributed by atoms with E-state index in [9.17, 15) is 4.79 Å². The molecule has 3 aromatic rings. The van der Waals surface area contributed by atoms with E-state index < -0.39 is 0 Å². The van der Waals surface area contributed by atoms with E-state index in [1.165, 1.54) is 0 Å². The molecule has 6 heteroatoms. The van der Waals surface area contributed by atoms with E-state index in [0.29, 0.717) is 24.7 Å². The second kappa shape index (κ2) is 9.08. The molecule has 1 N–H and O–H groups in total. The van der Waals surface area contributed by atoms with E-state index in [-0.39, 0.29) is 5.91 Å². The van der Waals surface area contributed by atoms with Gasteiger partial charge in [0, 0.05) is 48.7 Å². The van der Waals surface area contributed by atoms with E-state index in [4.69, 9.17) is 0 Å². The fourth-order valence-electron chi connectivity index (χ4n) is 2.89. The van der Waals surface area contributed by atoms with E-state index in [2.05, 4.69) is 34.1 Å². The van der Waals surface area contributed by atoms with Crippen LogP contribution >= 0.6 is 0 Å². The lowest BCUT2D eigenvalue weighted by Crippen LogP contribution is -2.30. The second-order valence-corrected chi connectivity index (χ2v) is 6.84. The minimum Gasteiger partial charge on any atom is -0.368 e. The zero-order valence-electron chi connectivity index (χ0n) is 16.5. The molecule has 0 aliphatic heterocycles. The van der Waals surface area contributed by atoms with Gasteiger partial charge in [0.2, 0.25) is 0 Å². The van der Waals surface area contributed by atoms with Crippen LogP contribution in [0.1, 0.15) is 36.7 Å². The second-order valence-electron chi connectivity index (χ2n) is 6.84. The molecule has 6 nitrogen and oxygen atoms in total. The van der Waals surface area contributed by atoms with Gasteiger partial charge in [0.15, 0.2) is 0 Å². The van der Waals surface area contributed by atoms with Crippen LogP contribution in [0.4, 0.5) is 5.82 Å². The molecule has 0 aliphatic rings. The molecule has 2 aromatic heterocycles.